The smallest absolute Gasteiger partial charge is 0.410 e. The van der Waals surface area contributed by atoms with Crippen molar-refractivity contribution in [1.82, 2.24) is 4.90 Å². The van der Waals surface area contributed by atoms with E-state index in [1.807, 2.05) is 27.7 Å². The number of morpholine rings is 1. The molecule has 1 amide bonds. The molecule has 2 fully saturated rings. The van der Waals surface area contributed by atoms with Gasteiger partial charge < -0.3 is 14.2 Å². The molecule has 0 aromatic heterocycles. The maximum Gasteiger partial charge on any atom is 0.410 e. The summed E-state index contributed by atoms with van der Waals surface area (Å²) in [5.41, 5.74) is -0.563. The van der Waals surface area contributed by atoms with Gasteiger partial charge in [-0.25, -0.2) is 4.79 Å². The predicted octanol–water partition coefficient (Wildman–Crippen LogP) is 1.62. The summed E-state index contributed by atoms with van der Waals surface area (Å²) in [6.45, 7) is 9.02. The fourth-order valence-corrected chi connectivity index (χ4v) is 2.77. The lowest BCUT2D eigenvalue weighted by Crippen LogP contribution is -2.60. The van der Waals surface area contributed by atoms with E-state index in [0.717, 1.165) is 0 Å². The van der Waals surface area contributed by atoms with Gasteiger partial charge in [0.2, 0.25) is 0 Å². The van der Waals surface area contributed by atoms with Crippen molar-refractivity contribution in [2.75, 3.05) is 26.4 Å². The molecule has 2 saturated heterocycles. The van der Waals surface area contributed by atoms with Gasteiger partial charge in [-0.1, -0.05) is 0 Å². The van der Waals surface area contributed by atoms with E-state index in [1.165, 1.54) is 0 Å². The number of Topliss-reactive ketones (excluding diaryl/α,β-unsaturated/α-hetero) is 1. The van der Waals surface area contributed by atoms with Crippen LogP contribution in [0.25, 0.3) is 0 Å². The molecular weight excluding hydrogens is 274 g/mol. The van der Waals surface area contributed by atoms with Gasteiger partial charge in [0.05, 0.1) is 44.4 Å². The minimum atomic E-state index is -0.563. The normalized spacial score (nSPS) is 31.1. The zero-order valence-electron chi connectivity index (χ0n) is 13.3. The van der Waals surface area contributed by atoms with E-state index in [-0.39, 0.29) is 29.9 Å². The molecule has 2 heterocycles. The predicted molar refractivity (Wildman–Crippen MR) is 76.1 cm³/mol. The molecule has 2 rings (SSSR count). The lowest BCUT2D eigenvalue weighted by atomic mass is 9.90. The number of ketones is 1. The summed E-state index contributed by atoms with van der Waals surface area (Å²) in [6, 6.07) is -0.426. The molecule has 6 nitrogen and oxygen atoms in total. The fraction of sp³-hybridized carbons (Fsp3) is 0.867. The Balaban J connectivity index is 2.16. The standard InChI is InChI=1S/C15H25NO5/c1-10-7-20-9-12(11-8-19-6-5-13(11)17)16(10)14(18)21-15(2,3)4/h10-12H,5-9H2,1-4H3. The van der Waals surface area contributed by atoms with Gasteiger partial charge in [-0.2, -0.15) is 0 Å². The van der Waals surface area contributed by atoms with E-state index in [9.17, 15) is 9.59 Å². The highest BCUT2D eigenvalue weighted by Gasteiger charge is 2.42. The van der Waals surface area contributed by atoms with Crippen LogP contribution in [0, 0.1) is 5.92 Å². The molecule has 0 radical (unpaired) electrons. The van der Waals surface area contributed by atoms with Crippen molar-refractivity contribution in [3.63, 3.8) is 0 Å². The molecule has 0 aromatic rings. The number of nitrogens with zero attached hydrogens (tertiary/aromatic N) is 1. The first kappa shape index (κ1) is 16.2. The third kappa shape index (κ3) is 3.95. The Bertz CT molecular complexity index is 403. The highest BCUT2D eigenvalue weighted by Crippen LogP contribution is 2.26. The van der Waals surface area contributed by atoms with Crippen LogP contribution in [0.4, 0.5) is 4.79 Å². The summed E-state index contributed by atoms with van der Waals surface area (Å²) in [5.74, 6) is -0.188. The fourth-order valence-electron chi connectivity index (χ4n) is 2.77. The van der Waals surface area contributed by atoms with E-state index >= 15 is 0 Å². The second-order valence-corrected chi connectivity index (χ2v) is 6.74. The van der Waals surface area contributed by atoms with Crippen LogP contribution in [0.1, 0.15) is 34.1 Å². The number of rotatable bonds is 1. The van der Waals surface area contributed by atoms with Crippen molar-refractivity contribution < 1.29 is 23.8 Å². The largest absolute Gasteiger partial charge is 0.444 e. The van der Waals surface area contributed by atoms with Gasteiger partial charge in [0, 0.05) is 6.42 Å². The van der Waals surface area contributed by atoms with Gasteiger partial charge in [0.25, 0.3) is 0 Å². The number of hydrogen-bond donors (Lipinski definition) is 0. The Morgan fingerprint density at radius 1 is 1.24 bits per heavy atom. The number of hydrogen-bond acceptors (Lipinski definition) is 5. The van der Waals surface area contributed by atoms with Crippen molar-refractivity contribution in [3.05, 3.63) is 0 Å². The summed E-state index contributed by atoms with van der Waals surface area (Å²) in [7, 11) is 0. The molecule has 2 aliphatic heterocycles. The Morgan fingerprint density at radius 2 is 1.95 bits per heavy atom. The second-order valence-electron chi connectivity index (χ2n) is 6.74. The Labute approximate surface area is 125 Å². The van der Waals surface area contributed by atoms with Crippen molar-refractivity contribution in [2.24, 2.45) is 5.92 Å². The van der Waals surface area contributed by atoms with Gasteiger partial charge in [0.15, 0.2) is 0 Å². The molecular formula is C15H25NO5. The van der Waals surface area contributed by atoms with Crippen LogP contribution in [-0.4, -0.2) is 60.9 Å². The zero-order valence-corrected chi connectivity index (χ0v) is 13.3. The zero-order chi connectivity index (χ0) is 15.6. The summed E-state index contributed by atoms with van der Waals surface area (Å²) >= 11 is 0. The first-order valence-electron chi connectivity index (χ1n) is 7.49. The molecule has 3 unspecified atom stereocenters. The molecule has 21 heavy (non-hydrogen) atoms. The van der Waals surface area contributed by atoms with E-state index in [0.29, 0.717) is 32.8 Å². The summed E-state index contributed by atoms with van der Waals surface area (Å²) < 4.78 is 16.4. The molecule has 0 saturated carbocycles. The van der Waals surface area contributed by atoms with Gasteiger partial charge in [-0.15, -0.1) is 0 Å². The molecule has 3 atom stereocenters. The number of carbonyl (C=O) groups excluding carboxylic acids is 2. The minimum Gasteiger partial charge on any atom is -0.444 e. The van der Waals surface area contributed by atoms with Gasteiger partial charge in [-0.3, -0.25) is 9.69 Å². The first-order valence-corrected chi connectivity index (χ1v) is 7.49. The van der Waals surface area contributed by atoms with Crippen LogP contribution >= 0.6 is 0 Å². The van der Waals surface area contributed by atoms with Crippen molar-refractivity contribution >= 4 is 11.9 Å². The van der Waals surface area contributed by atoms with Gasteiger partial charge in [-0.05, 0) is 27.7 Å². The molecule has 0 spiro atoms. The van der Waals surface area contributed by atoms with E-state index in [4.69, 9.17) is 14.2 Å². The average Bonchev–Trinajstić information content (AvgIpc) is 2.36. The first-order chi connectivity index (χ1) is 9.79. The molecule has 6 heteroatoms. The minimum absolute atomic E-state index is 0.117. The van der Waals surface area contributed by atoms with E-state index in [1.54, 1.807) is 4.90 Å². The average molecular weight is 299 g/mol. The molecule has 2 aliphatic rings. The van der Waals surface area contributed by atoms with Crippen molar-refractivity contribution in [2.45, 2.75) is 51.8 Å². The maximum atomic E-state index is 12.5. The van der Waals surface area contributed by atoms with Crippen LogP contribution in [0.2, 0.25) is 0 Å². The third-order valence-electron chi connectivity index (χ3n) is 3.75. The molecule has 0 N–H and O–H groups in total. The van der Waals surface area contributed by atoms with Crippen LogP contribution in [0.5, 0.6) is 0 Å². The van der Waals surface area contributed by atoms with Crippen LogP contribution < -0.4 is 0 Å². The van der Waals surface area contributed by atoms with E-state index in [2.05, 4.69) is 0 Å². The lowest BCUT2D eigenvalue weighted by molar-refractivity contribution is -0.140. The SMILES string of the molecule is CC1COCC(C2COCCC2=O)N1C(=O)OC(C)(C)C. The Hall–Kier alpha value is -1.14. The van der Waals surface area contributed by atoms with Crippen LogP contribution in [0.3, 0.4) is 0 Å². The maximum absolute atomic E-state index is 12.5. The van der Waals surface area contributed by atoms with Gasteiger partial charge in [0.1, 0.15) is 11.4 Å². The second kappa shape index (κ2) is 6.32. The summed E-state index contributed by atoms with van der Waals surface area (Å²) in [5, 5.41) is 0. The number of ether oxygens (including phenoxy) is 3. The quantitative estimate of drug-likeness (QED) is 0.736. The van der Waals surface area contributed by atoms with Gasteiger partial charge >= 0.3 is 6.09 Å². The van der Waals surface area contributed by atoms with Crippen LogP contribution in [0.15, 0.2) is 0 Å². The molecule has 0 aromatic carbocycles. The molecule has 0 aliphatic carbocycles. The highest BCUT2D eigenvalue weighted by atomic mass is 16.6. The van der Waals surface area contributed by atoms with Crippen molar-refractivity contribution in [1.29, 1.82) is 0 Å². The summed E-state index contributed by atoms with van der Waals surface area (Å²) in [6.07, 6.45) is 0.0132. The van der Waals surface area contributed by atoms with Crippen LogP contribution in [-0.2, 0) is 19.0 Å². The number of carbonyl (C=O) groups is 2. The highest BCUT2D eigenvalue weighted by molar-refractivity contribution is 5.83. The summed E-state index contributed by atoms with van der Waals surface area (Å²) in [4.78, 5) is 26.3. The topological polar surface area (TPSA) is 65.1 Å². The Morgan fingerprint density at radius 3 is 2.57 bits per heavy atom. The number of amides is 1. The van der Waals surface area contributed by atoms with Crippen molar-refractivity contribution in [3.8, 4) is 0 Å². The third-order valence-corrected chi connectivity index (χ3v) is 3.75. The monoisotopic (exact) mass is 299 g/mol. The van der Waals surface area contributed by atoms with E-state index < -0.39 is 5.60 Å². The molecule has 0 bridgehead atoms. The lowest BCUT2D eigenvalue weighted by Gasteiger charge is -2.44. The molecule has 120 valence electrons. The Kier molecular flexibility index (Phi) is 4.88.